The molecule has 9 heteroatoms. The van der Waals surface area contributed by atoms with E-state index in [-0.39, 0.29) is 23.0 Å². The van der Waals surface area contributed by atoms with Gasteiger partial charge in [-0.15, -0.1) is 0 Å². The van der Waals surface area contributed by atoms with Crippen molar-refractivity contribution >= 4 is 29.2 Å². The molecule has 2 N–H and O–H groups in total. The largest absolute Gasteiger partial charge is 0.497 e. The first-order chi connectivity index (χ1) is 13.1. The summed E-state index contributed by atoms with van der Waals surface area (Å²) in [6, 6.07) is 9.84. The number of aromatic nitrogens is 2. The van der Waals surface area contributed by atoms with Crippen molar-refractivity contribution < 1.29 is 9.53 Å². The molecule has 8 nitrogen and oxygen atoms in total. The molecule has 1 saturated heterocycles. The molecule has 0 aliphatic carbocycles. The highest BCUT2D eigenvalue weighted by Crippen LogP contribution is 2.21. The summed E-state index contributed by atoms with van der Waals surface area (Å²) in [5.41, 5.74) is 7.03. The number of nitrogen functional groups attached to an aromatic ring is 1. The van der Waals surface area contributed by atoms with E-state index in [1.54, 1.807) is 7.11 Å². The van der Waals surface area contributed by atoms with Crippen LogP contribution in [-0.4, -0.2) is 59.8 Å². The molecule has 0 atom stereocenters. The standard InChI is InChI=1S/C18H20N6O2S/c1-26-15-4-2-14(3-5-15)23-6-8-24(9-7-23)16(25)12-27-18-21-11-13(10-19)17(20)22-18/h2-5,11H,6-9,12H2,1H3,(H2,20,21,22). The Morgan fingerprint density at radius 3 is 2.59 bits per heavy atom. The van der Waals surface area contributed by atoms with Crippen LogP contribution in [0.5, 0.6) is 5.75 Å². The average molecular weight is 384 g/mol. The predicted molar refractivity (Wildman–Crippen MR) is 104 cm³/mol. The van der Waals surface area contributed by atoms with Crippen molar-refractivity contribution in [1.29, 1.82) is 5.26 Å². The van der Waals surface area contributed by atoms with Crippen LogP contribution in [0.15, 0.2) is 35.6 Å². The molecule has 1 aliphatic heterocycles. The molecule has 1 fully saturated rings. The predicted octanol–water partition coefficient (Wildman–Crippen LogP) is 1.38. The molecule has 3 rings (SSSR count). The van der Waals surface area contributed by atoms with Crippen molar-refractivity contribution in [3.05, 3.63) is 36.0 Å². The van der Waals surface area contributed by atoms with Gasteiger partial charge >= 0.3 is 0 Å². The highest BCUT2D eigenvalue weighted by atomic mass is 32.2. The number of nitrogens with zero attached hydrogens (tertiary/aromatic N) is 5. The number of benzene rings is 1. The van der Waals surface area contributed by atoms with Crippen molar-refractivity contribution in [2.24, 2.45) is 0 Å². The van der Waals surface area contributed by atoms with E-state index in [0.29, 0.717) is 18.2 Å². The minimum atomic E-state index is 0.0425. The van der Waals surface area contributed by atoms with Gasteiger partial charge < -0.3 is 20.3 Å². The second-order valence-electron chi connectivity index (χ2n) is 5.92. The van der Waals surface area contributed by atoms with Gasteiger partial charge in [0.1, 0.15) is 23.2 Å². The third kappa shape index (κ3) is 4.60. The lowest BCUT2D eigenvalue weighted by Gasteiger charge is -2.36. The van der Waals surface area contributed by atoms with Crippen LogP contribution in [0.1, 0.15) is 5.56 Å². The molecule has 0 radical (unpaired) electrons. The van der Waals surface area contributed by atoms with Gasteiger partial charge in [0.25, 0.3) is 0 Å². The van der Waals surface area contributed by atoms with Crippen LogP contribution in [0.4, 0.5) is 11.5 Å². The number of ether oxygens (including phenoxy) is 1. The average Bonchev–Trinajstić information content (AvgIpc) is 2.72. The van der Waals surface area contributed by atoms with Crippen molar-refractivity contribution in [1.82, 2.24) is 14.9 Å². The van der Waals surface area contributed by atoms with Crippen LogP contribution in [0.25, 0.3) is 0 Å². The fourth-order valence-electron chi connectivity index (χ4n) is 2.76. The smallest absolute Gasteiger partial charge is 0.233 e. The van der Waals surface area contributed by atoms with Gasteiger partial charge in [-0.1, -0.05) is 11.8 Å². The monoisotopic (exact) mass is 384 g/mol. The van der Waals surface area contributed by atoms with E-state index in [4.69, 9.17) is 15.7 Å². The minimum absolute atomic E-state index is 0.0425. The maximum absolute atomic E-state index is 12.4. The maximum atomic E-state index is 12.4. The third-order valence-electron chi connectivity index (χ3n) is 4.31. The molecule has 0 unspecified atom stereocenters. The van der Waals surface area contributed by atoms with E-state index in [2.05, 4.69) is 14.9 Å². The lowest BCUT2D eigenvalue weighted by Crippen LogP contribution is -2.49. The van der Waals surface area contributed by atoms with E-state index in [0.717, 1.165) is 24.5 Å². The molecule has 0 bridgehead atoms. The molecule has 0 saturated carbocycles. The lowest BCUT2D eigenvalue weighted by molar-refractivity contribution is -0.128. The van der Waals surface area contributed by atoms with Crippen LogP contribution in [0, 0.1) is 11.3 Å². The second-order valence-corrected chi connectivity index (χ2v) is 6.86. The van der Waals surface area contributed by atoms with E-state index >= 15 is 0 Å². The molecule has 2 heterocycles. The van der Waals surface area contributed by atoms with Crippen molar-refractivity contribution in [3.63, 3.8) is 0 Å². The summed E-state index contributed by atoms with van der Waals surface area (Å²) >= 11 is 1.23. The summed E-state index contributed by atoms with van der Waals surface area (Å²) in [6.45, 7) is 2.90. The number of piperazine rings is 1. The number of nitrogens with two attached hydrogens (primary N) is 1. The summed E-state index contributed by atoms with van der Waals surface area (Å²) in [4.78, 5) is 24.6. The SMILES string of the molecule is COc1ccc(N2CCN(C(=O)CSc3ncc(C#N)c(N)n3)CC2)cc1. The molecule has 1 aromatic carbocycles. The molecular formula is C18H20N6O2S. The highest BCUT2D eigenvalue weighted by molar-refractivity contribution is 7.99. The summed E-state index contributed by atoms with van der Waals surface area (Å²) in [7, 11) is 1.65. The number of hydrogen-bond donors (Lipinski definition) is 1. The van der Waals surface area contributed by atoms with E-state index in [9.17, 15) is 4.79 Å². The van der Waals surface area contributed by atoms with Crippen LogP contribution < -0.4 is 15.4 Å². The first-order valence-corrected chi connectivity index (χ1v) is 9.41. The number of amides is 1. The number of anilines is 2. The summed E-state index contributed by atoms with van der Waals surface area (Å²) in [6.07, 6.45) is 1.38. The molecule has 2 aromatic rings. The van der Waals surface area contributed by atoms with E-state index in [1.165, 1.54) is 18.0 Å². The van der Waals surface area contributed by atoms with Crippen molar-refractivity contribution in [2.45, 2.75) is 5.16 Å². The van der Waals surface area contributed by atoms with Gasteiger partial charge in [0.15, 0.2) is 5.16 Å². The summed E-state index contributed by atoms with van der Waals surface area (Å²) < 4.78 is 5.18. The number of carbonyl (C=O) groups is 1. The fourth-order valence-corrected chi connectivity index (χ4v) is 3.48. The lowest BCUT2D eigenvalue weighted by atomic mass is 10.2. The maximum Gasteiger partial charge on any atom is 0.233 e. The Hall–Kier alpha value is -2.99. The molecule has 27 heavy (non-hydrogen) atoms. The van der Waals surface area contributed by atoms with Gasteiger partial charge in [-0.2, -0.15) is 5.26 Å². The minimum Gasteiger partial charge on any atom is -0.497 e. The Morgan fingerprint density at radius 1 is 1.30 bits per heavy atom. The van der Waals surface area contributed by atoms with Gasteiger partial charge in [-0.25, -0.2) is 9.97 Å². The Bertz CT molecular complexity index is 844. The molecule has 0 spiro atoms. The van der Waals surface area contributed by atoms with Gasteiger partial charge in [0.05, 0.1) is 19.1 Å². The normalized spacial score (nSPS) is 13.9. The van der Waals surface area contributed by atoms with Crippen molar-refractivity contribution in [2.75, 3.05) is 49.7 Å². The summed E-state index contributed by atoms with van der Waals surface area (Å²) in [5, 5.41) is 9.24. The Labute approximate surface area is 161 Å². The zero-order chi connectivity index (χ0) is 19.2. The Balaban J connectivity index is 1.49. The van der Waals surface area contributed by atoms with Gasteiger partial charge in [-0.05, 0) is 24.3 Å². The zero-order valence-corrected chi connectivity index (χ0v) is 15.8. The molecule has 1 aromatic heterocycles. The Morgan fingerprint density at radius 2 is 2.00 bits per heavy atom. The third-order valence-corrected chi connectivity index (χ3v) is 5.16. The molecule has 1 aliphatic rings. The van der Waals surface area contributed by atoms with Gasteiger partial charge in [0.2, 0.25) is 5.91 Å². The summed E-state index contributed by atoms with van der Waals surface area (Å²) in [5.74, 6) is 1.25. The number of methoxy groups -OCH3 is 1. The number of thioether (sulfide) groups is 1. The number of carbonyl (C=O) groups excluding carboxylic acids is 1. The first kappa shape index (κ1) is 18.8. The number of nitriles is 1. The number of hydrogen-bond acceptors (Lipinski definition) is 8. The molecule has 1 amide bonds. The quantitative estimate of drug-likeness (QED) is 0.608. The van der Waals surface area contributed by atoms with Gasteiger partial charge in [-0.3, -0.25) is 4.79 Å². The highest BCUT2D eigenvalue weighted by Gasteiger charge is 2.21. The fraction of sp³-hybridized carbons (Fsp3) is 0.333. The number of rotatable bonds is 5. The molecule has 140 valence electrons. The first-order valence-electron chi connectivity index (χ1n) is 8.43. The van der Waals surface area contributed by atoms with Crippen LogP contribution >= 0.6 is 11.8 Å². The zero-order valence-electron chi connectivity index (χ0n) is 15.0. The second kappa shape index (κ2) is 8.60. The van der Waals surface area contributed by atoms with Gasteiger partial charge in [0, 0.05) is 31.9 Å². The van der Waals surface area contributed by atoms with E-state index < -0.39 is 0 Å². The van der Waals surface area contributed by atoms with Crippen LogP contribution in [0.2, 0.25) is 0 Å². The van der Waals surface area contributed by atoms with Crippen molar-refractivity contribution in [3.8, 4) is 11.8 Å². The Kier molecular flexibility index (Phi) is 5.98. The van der Waals surface area contributed by atoms with Crippen LogP contribution in [-0.2, 0) is 4.79 Å². The molecular weight excluding hydrogens is 364 g/mol. The van der Waals surface area contributed by atoms with E-state index in [1.807, 2.05) is 35.2 Å². The topological polar surface area (TPSA) is 108 Å². The van der Waals surface area contributed by atoms with Crippen LogP contribution in [0.3, 0.4) is 0 Å².